The summed E-state index contributed by atoms with van der Waals surface area (Å²) in [6, 6.07) is 1.17. The number of halogens is 1. The Morgan fingerprint density at radius 3 is 2.69 bits per heavy atom. The van der Waals surface area contributed by atoms with Crippen LogP contribution >= 0.6 is 0 Å². The number of hydrogen-bond acceptors (Lipinski definition) is 6. The maximum absolute atomic E-state index is 15.3. The van der Waals surface area contributed by atoms with Gasteiger partial charge in [0.05, 0.1) is 16.9 Å². The van der Waals surface area contributed by atoms with Crippen molar-refractivity contribution in [1.29, 1.82) is 0 Å². The average Bonchev–Trinajstić information content (AvgIpc) is 3.13. The first-order valence-corrected chi connectivity index (χ1v) is 9.56. The number of likely N-dealkylation sites (N-methyl/N-ethyl adjacent to an activating group) is 1. The molecule has 0 spiro atoms. The van der Waals surface area contributed by atoms with Gasteiger partial charge in [0, 0.05) is 32.4 Å². The van der Waals surface area contributed by atoms with Gasteiger partial charge in [0.1, 0.15) is 24.3 Å². The minimum Gasteiger partial charge on any atom is -0.487 e. The van der Waals surface area contributed by atoms with Crippen LogP contribution in [0.15, 0.2) is 28.2 Å². The lowest BCUT2D eigenvalue weighted by Crippen LogP contribution is -2.45. The SMILES string of the molecule is C[C@H]1COc2c(N3CCN(C)CC3)c(F)cc3c(=O)c(-n4nc[nH]c4=O)cn1c23. The van der Waals surface area contributed by atoms with Crippen molar-refractivity contribution < 1.29 is 9.13 Å². The molecule has 0 bridgehead atoms. The number of hydrogen-bond donors (Lipinski definition) is 1. The summed E-state index contributed by atoms with van der Waals surface area (Å²) in [6.45, 7) is 5.28. The molecule has 0 radical (unpaired) electrons. The fourth-order valence-electron chi connectivity index (χ4n) is 4.10. The van der Waals surface area contributed by atoms with Crippen LogP contribution in [0.5, 0.6) is 5.75 Å². The summed E-state index contributed by atoms with van der Waals surface area (Å²) in [5.74, 6) is -0.109. The summed E-state index contributed by atoms with van der Waals surface area (Å²) in [5, 5.41) is 4.09. The Labute approximate surface area is 164 Å². The fourth-order valence-corrected chi connectivity index (χ4v) is 4.10. The lowest BCUT2D eigenvalue weighted by Gasteiger charge is -2.37. The molecular formula is C19H21FN6O3. The highest BCUT2D eigenvalue weighted by Crippen LogP contribution is 2.42. The maximum Gasteiger partial charge on any atom is 0.348 e. The molecule has 1 aromatic carbocycles. The van der Waals surface area contributed by atoms with E-state index in [1.165, 1.54) is 12.4 Å². The Morgan fingerprint density at radius 2 is 2.00 bits per heavy atom. The van der Waals surface area contributed by atoms with Gasteiger partial charge in [0.2, 0.25) is 5.43 Å². The predicted molar refractivity (Wildman–Crippen MR) is 106 cm³/mol. The Morgan fingerprint density at radius 1 is 1.24 bits per heavy atom. The molecule has 2 aromatic heterocycles. The van der Waals surface area contributed by atoms with E-state index in [9.17, 15) is 9.59 Å². The molecule has 0 saturated carbocycles. The molecule has 3 aromatic rings. The Kier molecular flexibility index (Phi) is 3.98. The minimum atomic E-state index is -0.524. The van der Waals surface area contributed by atoms with Gasteiger partial charge in [-0.1, -0.05) is 0 Å². The fraction of sp³-hybridized carbons (Fsp3) is 0.421. The van der Waals surface area contributed by atoms with Crippen LogP contribution < -0.4 is 20.8 Å². The standard InChI is InChI=1S/C19H21FN6O3/c1-11-9-29-18-15-12(7-13(20)16(18)24-5-3-23(2)4-6-24)17(27)14(8-25(11)15)26-19(28)21-10-22-26/h7-8,10-11H,3-6,9H2,1-2H3,(H,21,22,28)/t11-/m0/s1. The summed E-state index contributed by atoms with van der Waals surface area (Å²) in [7, 11) is 2.03. The summed E-state index contributed by atoms with van der Waals surface area (Å²) < 4.78 is 24.1. The first-order chi connectivity index (χ1) is 14.0. The van der Waals surface area contributed by atoms with Crippen LogP contribution in [0.4, 0.5) is 10.1 Å². The van der Waals surface area contributed by atoms with Crippen molar-refractivity contribution >= 4 is 16.6 Å². The number of ether oxygens (including phenoxy) is 1. The molecule has 1 saturated heterocycles. The van der Waals surface area contributed by atoms with Gasteiger partial charge in [-0.2, -0.15) is 9.78 Å². The number of nitrogens with one attached hydrogen (secondary N) is 1. The molecule has 1 N–H and O–H groups in total. The molecule has 0 amide bonds. The topological polar surface area (TPSA) is 88.4 Å². The van der Waals surface area contributed by atoms with Crippen LogP contribution in [0.1, 0.15) is 13.0 Å². The monoisotopic (exact) mass is 400 g/mol. The van der Waals surface area contributed by atoms with Crippen molar-refractivity contribution in [2.24, 2.45) is 0 Å². The van der Waals surface area contributed by atoms with E-state index in [2.05, 4.69) is 15.0 Å². The summed E-state index contributed by atoms with van der Waals surface area (Å²) in [6.07, 6.45) is 2.83. The number of H-pyrrole nitrogens is 1. The number of rotatable bonds is 2. The Balaban J connectivity index is 1.79. The van der Waals surface area contributed by atoms with Gasteiger partial charge in [-0.3, -0.25) is 9.78 Å². The van der Waals surface area contributed by atoms with E-state index in [0.717, 1.165) is 17.8 Å². The zero-order chi connectivity index (χ0) is 20.3. The number of aromatic nitrogens is 4. The van der Waals surface area contributed by atoms with E-state index < -0.39 is 16.9 Å². The molecule has 1 fully saturated rings. The number of benzene rings is 1. The second-order valence-corrected chi connectivity index (χ2v) is 7.64. The van der Waals surface area contributed by atoms with Crippen molar-refractivity contribution in [2.75, 3.05) is 44.7 Å². The quantitative estimate of drug-likeness (QED) is 0.682. The van der Waals surface area contributed by atoms with Gasteiger partial charge in [-0.05, 0) is 20.0 Å². The highest BCUT2D eigenvalue weighted by Gasteiger charge is 2.30. The van der Waals surface area contributed by atoms with Crippen molar-refractivity contribution in [3.8, 4) is 11.4 Å². The van der Waals surface area contributed by atoms with Crippen LogP contribution in [0, 0.1) is 5.82 Å². The van der Waals surface area contributed by atoms with Gasteiger partial charge in [-0.25, -0.2) is 9.18 Å². The van der Waals surface area contributed by atoms with Crippen LogP contribution in [0.3, 0.4) is 0 Å². The molecule has 5 rings (SSSR count). The average molecular weight is 400 g/mol. The zero-order valence-electron chi connectivity index (χ0n) is 16.2. The lowest BCUT2D eigenvalue weighted by molar-refractivity contribution is 0.245. The first-order valence-electron chi connectivity index (χ1n) is 9.56. The van der Waals surface area contributed by atoms with Gasteiger partial charge in [0.25, 0.3) is 0 Å². The highest BCUT2D eigenvalue weighted by molar-refractivity contribution is 5.93. The van der Waals surface area contributed by atoms with E-state index in [1.54, 1.807) is 6.20 Å². The van der Waals surface area contributed by atoms with E-state index >= 15 is 4.39 Å². The molecule has 0 unspecified atom stereocenters. The number of pyridine rings is 1. The third-order valence-corrected chi connectivity index (χ3v) is 5.72. The highest BCUT2D eigenvalue weighted by atomic mass is 19.1. The number of nitrogens with zero attached hydrogens (tertiary/aromatic N) is 5. The summed E-state index contributed by atoms with van der Waals surface area (Å²) in [4.78, 5) is 31.7. The molecule has 9 nitrogen and oxygen atoms in total. The molecule has 1 atom stereocenters. The second kappa shape index (κ2) is 6.45. The largest absolute Gasteiger partial charge is 0.487 e. The van der Waals surface area contributed by atoms with E-state index in [-0.39, 0.29) is 17.1 Å². The van der Waals surface area contributed by atoms with Crippen LogP contribution in [-0.2, 0) is 0 Å². The van der Waals surface area contributed by atoms with E-state index in [1.807, 2.05) is 23.4 Å². The normalized spacial score (nSPS) is 19.6. The minimum absolute atomic E-state index is 0.0789. The molecule has 2 aliphatic heterocycles. The number of aromatic amines is 1. The lowest BCUT2D eigenvalue weighted by atomic mass is 10.1. The van der Waals surface area contributed by atoms with Gasteiger partial charge in [-0.15, -0.1) is 0 Å². The van der Waals surface area contributed by atoms with Crippen LogP contribution in [-0.4, -0.2) is 64.1 Å². The number of piperazine rings is 1. The Bertz CT molecular complexity index is 1220. The van der Waals surface area contributed by atoms with E-state index in [0.29, 0.717) is 36.6 Å². The van der Waals surface area contributed by atoms with Crippen molar-refractivity contribution in [3.63, 3.8) is 0 Å². The predicted octanol–water partition coefficient (Wildman–Crippen LogP) is 0.720. The van der Waals surface area contributed by atoms with E-state index in [4.69, 9.17) is 4.74 Å². The molecule has 152 valence electrons. The van der Waals surface area contributed by atoms with Crippen molar-refractivity contribution in [3.05, 3.63) is 45.1 Å². The molecule has 10 heteroatoms. The number of anilines is 1. The third-order valence-electron chi connectivity index (χ3n) is 5.72. The zero-order valence-corrected chi connectivity index (χ0v) is 16.2. The van der Waals surface area contributed by atoms with Crippen LogP contribution in [0.25, 0.3) is 16.6 Å². The molecule has 29 heavy (non-hydrogen) atoms. The van der Waals surface area contributed by atoms with Gasteiger partial charge >= 0.3 is 5.69 Å². The summed E-state index contributed by atoms with van der Waals surface area (Å²) >= 11 is 0. The Hall–Kier alpha value is -3.14. The van der Waals surface area contributed by atoms with Crippen molar-refractivity contribution in [1.82, 2.24) is 24.2 Å². The molecule has 0 aliphatic carbocycles. The van der Waals surface area contributed by atoms with Gasteiger partial charge < -0.3 is 19.1 Å². The smallest absolute Gasteiger partial charge is 0.348 e. The van der Waals surface area contributed by atoms with Gasteiger partial charge in [0.15, 0.2) is 11.6 Å². The molecule has 4 heterocycles. The van der Waals surface area contributed by atoms with Crippen LogP contribution in [0.2, 0.25) is 0 Å². The molecule has 2 aliphatic rings. The first kappa shape index (κ1) is 17.9. The second-order valence-electron chi connectivity index (χ2n) is 7.64. The summed E-state index contributed by atoms with van der Waals surface area (Å²) in [5.41, 5.74) is 0.0406. The third kappa shape index (κ3) is 2.66. The molecular weight excluding hydrogens is 379 g/mol. The maximum atomic E-state index is 15.3. The van der Waals surface area contributed by atoms with Crippen molar-refractivity contribution in [2.45, 2.75) is 13.0 Å².